The molecule has 0 nitrogen and oxygen atoms in total. The maximum atomic E-state index is 4.49. The van der Waals surface area contributed by atoms with Gasteiger partial charge in [-0.05, 0) is 12.5 Å². The van der Waals surface area contributed by atoms with E-state index in [9.17, 15) is 0 Å². The quantitative estimate of drug-likeness (QED) is 0.679. The molecule has 0 bridgehead atoms. The fourth-order valence-electron chi connectivity index (χ4n) is 0.700. The van der Waals surface area contributed by atoms with Gasteiger partial charge in [0.25, 0.3) is 0 Å². The average Bonchev–Trinajstić information content (AvgIpc) is 2.11. The summed E-state index contributed by atoms with van der Waals surface area (Å²) in [6.07, 6.45) is 3.76. The van der Waals surface area contributed by atoms with Crippen LogP contribution in [0.25, 0.3) is 6.08 Å². The second-order valence-corrected chi connectivity index (χ2v) is 1.81. The van der Waals surface area contributed by atoms with Crippen molar-refractivity contribution in [2.45, 2.75) is 0 Å². The summed E-state index contributed by atoms with van der Waals surface area (Å²) in [6, 6.07) is 10.1. The zero-order valence-corrected chi connectivity index (χ0v) is 8.25. The van der Waals surface area contributed by atoms with E-state index >= 15 is 0 Å². The Labute approximate surface area is 82.6 Å². The fourth-order valence-corrected chi connectivity index (χ4v) is 0.700. The van der Waals surface area contributed by atoms with Gasteiger partial charge in [0.05, 0.1) is 0 Å². The SMILES string of the molecule is [CH2]/C=C/c1ccccc1.[Cl][Pd]. The molecule has 0 aromatic heterocycles. The van der Waals surface area contributed by atoms with Crippen molar-refractivity contribution >= 4 is 15.6 Å². The van der Waals surface area contributed by atoms with Crippen molar-refractivity contribution in [2.75, 3.05) is 0 Å². The second kappa shape index (κ2) is 8.01. The third-order valence-corrected chi connectivity index (χ3v) is 1.11. The molecular formula is C9H9ClPd. The molecule has 0 unspecified atom stereocenters. The van der Waals surface area contributed by atoms with Crippen LogP contribution in [0.3, 0.4) is 0 Å². The zero-order valence-electron chi connectivity index (χ0n) is 5.94. The fraction of sp³-hybridized carbons (Fsp3) is 0. The molecule has 0 atom stereocenters. The Kier molecular flexibility index (Phi) is 7.95. The molecule has 11 heavy (non-hydrogen) atoms. The molecule has 0 heterocycles. The summed E-state index contributed by atoms with van der Waals surface area (Å²) in [5.74, 6) is 0. The van der Waals surface area contributed by atoms with Crippen LogP contribution in [0.4, 0.5) is 0 Å². The van der Waals surface area contributed by atoms with E-state index in [1.165, 1.54) is 5.56 Å². The van der Waals surface area contributed by atoms with Crippen molar-refractivity contribution in [3.8, 4) is 0 Å². The topological polar surface area (TPSA) is 0 Å². The molecule has 0 aliphatic heterocycles. The van der Waals surface area contributed by atoms with E-state index < -0.39 is 0 Å². The van der Waals surface area contributed by atoms with Gasteiger partial charge in [-0.1, -0.05) is 42.5 Å². The zero-order chi connectivity index (χ0) is 8.53. The summed E-state index contributed by atoms with van der Waals surface area (Å²) in [7, 11) is 4.49. The molecule has 0 aliphatic rings. The molecule has 1 aromatic carbocycles. The van der Waals surface area contributed by atoms with Crippen LogP contribution in [-0.2, 0) is 18.2 Å². The standard InChI is InChI=1S/C9H9.ClH.Pd/c1-2-6-9-7-4-3-5-8-9;;/h2-8H,1H2;1H;/q;;+1/p-1/b6-2+;;. The predicted octanol–water partition coefficient (Wildman–Crippen LogP) is 3.22. The molecular weight excluding hydrogens is 250 g/mol. The number of benzene rings is 1. The van der Waals surface area contributed by atoms with E-state index in [0.29, 0.717) is 0 Å². The first-order valence-corrected chi connectivity index (χ1v) is 5.06. The summed E-state index contributed by atoms with van der Waals surface area (Å²) in [5, 5.41) is 0. The Morgan fingerprint density at radius 3 is 2.18 bits per heavy atom. The maximum absolute atomic E-state index is 4.49. The van der Waals surface area contributed by atoms with Crippen LogP contribution >= 0.6 is 9.53 Å². The van der Waals surface area contributed by atoms with E-state index in [4.69, 9.17) is 0 Å². The van der Waals surface area contributed by atoms with E-state index in [1.54, 1.807) is 6.08 Å². The van der Waals surface area contributed by atoms with Crippen molar-refractivity contribution in [1.29, 1.82) is 0 Å². The number of halogens is 1. The number of allylic oxidation sites excluding steroid dienone is 1. The number of hydrogen-bond donors (Lipinski definition) is 0. The van der Waals surface area contributed by atoms with Crippen molar-refractivity contribution in [3.63, 3.8) is 0 Å². The first-order valence-electron chi connectivity index (χ1n) is 3.06. The minimum absolute atomic E-state index is 1.20. The number of hydrogen-bond acceptors (Lipinski definition) is 0. The summed E-state index contributed by atoms with van der Waals surface area (Å²) in [4.78, 5) is 0. The van der Waals surface area contributed by atoms with Gasteiger partial charge in [0.1, 0.15) is 0 Å². The van der Waals surface area contributed by atoms with Crippen molar-refractivity contribution in [1.82, 2.24) is 0 Å². The molecule has 0 amide bonds. The minimum atomic E-state index is 1.20. The van der Waals surface area contributed by atoms with Crippen LogP contribution in [0.1, 0.15) is 5.56 Å². The second-order valence-electron chi connectivity index (χ2n) is 1.81. The monoisotopic (exact) mass is 258 g/mol. The van der Waals surface area contributed by atoms with Crippen LogP contribution in [0.5, 0.6) is 0 Å². The molecule has 0 spiro atoms. The average molecular weight is 259 g/mol. The first-order chi connectivity index (χ1) is 5.43. The van der Waals surface area contributed by atoms with Crippen LogP contribution < -0.4 is 0 Å². The summed E-state index contributed by atoms with van der Waals surface area (Å²) >= 11 is 2.22. The van der Waals surface area contributed by atoms with Gasteiger partial charge in [0, 0.05) is 0 Å². The van der Waals surface area contributed by atoms with Gasteiger partial charge in [-0.2, -0.15) is 0 Å². The molecule has 0 saturated heterocycles. The predicted molar refractivity (Wildman–Crippen MR) is 46.7 cm³/mol. The molecule has 62 valence electrons. The van der Waals surface area contributed by atoms with Crippen LogP contribution in [-0.4, -0.2) is 0 Å². The van der Waals surface area contributed by atoms with Crippen LogP contribution in [0, 0.1) is 6.92 Å². The number of rotatable bonds is 1. The molecule has 1 radical (unpaired) electrons. The first kappa shape index (κ1) is 10.9. The summed E-state index contributed by atoms with van der Waals surface area (Å²) in [5.41, 5.74) is 1.20. The Morgan fingerprint density at radius 2 is 1.73 bits per heavy atom. The van der Waals surface area contributed by atoms with Crippen molar-refractivity contribution in [3.05, 3.63) is 48.9 Å². The summed E-state index contributed by atoms with van der Waals surface area (Å²) in [6.45, 7) is 3.60. The third kappa shape index (κ3) is 5.21. The van der Waals surface area contributed by atoms with Gasteiger partial charge < -0.3 is 0 Å². The van der Waals surface area contributed by atoms with Crippen molar-refractivity contribution in [2.24, 2.45) is 0 Å². The Bertz CT molecular complexity index is 194. The van der Waals surface area contributed by atoms with Gasteiger partial charge in [0.15, 0.2) is 0 Å². The molecule has 1 rings (SSSR count). The van der Waals surface area contributed by atoms with Gasteiger partial charge in [-0.25, -0.2) is 0 Å². The Balaban J connectivity index is 0.000000461. The van der Waals surface area contributed by atoms with Crippen LogP contribution in [0.2, 0.25) is 0 Å². The molecule has 0 aliphatic carbocycles. The molecule has 0 fully saturated rings. The molecule has 0 N–H and O–H groups in total. The summed E-state index contributed by atoms with van der Waals surface area (Å²) < 4.78 is 0. The Morgan fingerprint density at radius 1 is 1.18 bits per heavy atom. The molecule has 1 aromatic rings. The van der Waals surface area contributed by atoms with E-state index in [1.807, 2.05) is 36.4 Å². The van der Waals surface area contributed by atoms with E-state index in [2.05, 4.69) is 34.6 Å². The van der Waals surface area contributed by atoms with E-state index in [0.717, 1.165) is 0 Å². The van der Waals surface area contributed by atoms with Gasteiger partial charge in [-0.15, -0.1) is 0 Å². The Hall–Kier alpha value is -0.0877. The van der Waals surface area contributed by atoms with Gasteiger partial charge in [-0.3, -0.25) is 0 Å². The third-order valence-electron chi connectivity index (χ3n) is 1.11. The normalized spacial score (nSPS) is 9.09. The molecule has 0 saturated carbocycles. The van der Waals surface area contributed by atoms with E-state index in [-0.39, 0.29) is 0 Å². The van der Waals surface area contributed by atoms with Crippen molar-refractivity contribution < 1.29 is 18.2 Å². The van der Waals surface area contributed by atoms with Crippen LogP contribution in [0.15, 0.2) is 36.4 Å². The van der Waals surface area contributed by atoms with Gasteiger partial charge in [0.2, 0.25) is 0 Å². The van der Waals surface area contributed by atoms with Gasteiger partial charge >= 0.3 is 27.7 Å². The molecule has 2 heteroatoms.